The molecule has 16 heteroatoms. The number of aromatic nitrogens is 8. The number of hydrogen-bond acceptors (Lipinski definition) is 10. The molecule has 0 spiro atoms. The van der Waals surface area contributed by atoms with Crippen LogP contribution in [0.25, 0.3) is 22.6 Å². The predicted molar refractivity (Wildman–Crippen MR) is 163 cm³/mol. The van der Waals surface area contributed by atoms with Crippen molar-refractivity contribution in [3.63, 3.8) is 0 Å². The molecular formula is C31H27F2N11O3. The Balaban J connectivity index is 1.05. The van der Waals surface area contributed by atoms with Crippen LogP contribution in [0.1, 0.15) is 45.0 Å². The van der Waals surface area contributed by atoms with Gasteiger partial charge in [-0.25, -0.2) is 9.97 Å². The molecule has 0 bridgehead atoms. The Bertz CT molecular complexity index is 2050. The third-order valence-corrected chi connectivity index (χ3v) is 7.87. The van der Waals surface area contributed by atoms with E-state index in [2.05, 4.69) is 35.7 Å². The molecule has 7 rings (SSSR count). The highest BCUT2D eigenvalue weighted by Gasteiger charge is 2.32. The highest BCUT2D eigenvalue weighted by Crippen LogP contribution is 2.29. The van der Waals surface area contributed by atoms with Crippen LogP contribution in [0.5, 0.6) is 0 Å². The predicted octanol–water partition coefficient (Wildman–Crippen LogP) is 3.80. The Morgan fingerprint density at radius 2 is 1.81 bits per heavy atom. The van der Waals surface area contributed by atoms with E-state index in [1.165, 1.54) is 12.4 Å². The van der Waals surface area contributed by atoms with Gasteiger partial charge in [0, 0.05) is 50.7 Å². The number of carbonyl (C=O) groups excluding carboxylic acids is 2. The number of alkyl halides is 2. The summed E-state index contributed by atoms with van der Waals surface area (Å²) in [4.78, 5) is 43.0. The van der Waals surface area contributed by atoms with Crippen LogP contribution in [-0.2, 0) is 7.05 Å². The number of amides is 2. The monoisotopic (exact) mass is 639 g/mol. The van der Waals surface area contributed by atoms with Crippen LogP contribution in [0.2, 0.25) is 0 Å². The third-order valence-electron chi connectivity index (χ3n) is 7.87. The van der Waals surface area contributed by atoms with Crippen molar-refractivity contribution in [1.29, 1.82) is 0 Å². The van der Waals surface area contributed by atoms with Crippen molar-refractivity contribution < 1.29 is 22.8 Å². The van der Waals surface area contributed by atoms with Gasteiger partial charge in [-0.2, -0.15) is 8.78 Å². The molecule has 1 aliphatic heterocycles. The molecule has 6 aromatic rings. The Labute approximate surface area is 265 Å². The summed E-state index contributed by atoms with van der Waals surface area (Å²) in [6.45, 7) is -1.28. The number of anilines is 1. The molecule has 5 heterocycles. The van der Waals surface area contributed by atoms with Crippen molar-refractivity contribution in [2.24, 2.45) is 7.05 Å². The Hall–Kier alpha value is -5.90. The summed E-state index contributed by atoms with van der Waals surface area (Å²) in [5.41, 5.74) is 3.61. The van der Waals surface area contributed by atoms with E-state index < -0.39 is 12.6 Å². The van der Waals surface area contributed by atoms with Crippen molar-refractivity contribution in [1.82, 2.24) is 49.5 Å². The number of nitrogens with zero attached hydrogens (tertiary/aromatic N) is 10. The van der Waals surface area contributed by atoms with E-state index in [4.69, 9.17) is 4.42 Å². The number of fused-ring (bicyclic) bond motifs is 1. The van der Waals surface area contributed by atoms with Crippen molar-refractivity contribution in [3.8, 4) is 11.5 Å². The molecule has 1 unspecified atom stereocenters. The first-order chi connectivity index (χ1) is 22.8. The van der Waals surface area contributed by atoms with Crippen LogP contribution in [0.4, 0.5) is 14.5 Å². The summed E-state index contributed by atoms with van der Waals surface area (Å²) in [5.74, 6) is -0.114. The molecule has 1 saturated heterocycles. The number of oxazole rings is 1. The van der Waals surface area contributed by atoms with Crippen molar-refractivity contribution in [3.05, 3.63) is 102 Å². The van der Waals surface area contributed by atoms with E-state index in [0.29, 0.717) is 64.9 Å². The molecule has 4 aromatic heterocycles. The van der Waals surface area contributed by atoms with Gasteiger partial charge in [-0.15, -0.1) is 10.2 Å². The van der Waals surface area contributed by atoms with E-state index in [9.17, 15) is 18.4 Å². The molecule has 2 aromatic carbocycles. The lowest BCUT2D eigenvalue weighted by Crippen LogP contribution is -2.50. The molecule has 0 aliphatic carbocycles. The maximum absolute atomic E-state index is 13.5. The SMILES string of the molecule is Cn1cncc1C(=O)Nc1ccc2oc(-c3ccnc(C(=O)N4CCN(C(c5ccccc5)c5nnn(C(F)F)n5)CC4)c3)nc2c1. The van der Waals surface area contributed by atoms with E-state index in [-0.39, 0.29) is 23.3 Å². The van der Waals surface area contributed by atoms with Crippen LogP contribution in [0.15, 0.2) is 83.8 Å². The van der Waals surface area contributed by atoms with E-state index >= 15 is 0 Å². The average molecular weight is 640 g/mol. The lowest BCUT2D eigenvalue weighted by Gasteiger charge is -2.38. The number of hydrogen-bond donors (Lipinski definition) is 1. The standard InChI is InChI=1S/C31H27F2N11O3/c1-41-18-34-17-24(41)28(45)36-21-7-8-25-22(16-21)37-29(47-25)20-9-10-35-23(15-20)30(46)43-13-11-42(12-14-43)26(19-5-3-2-4-6-19)27-38-40-44(39-27)31(32)33/h2-10,15-18,26,31H,11-14H2,1H3,(H,36,45). The Morgan fingerprint density at radius 3 is 2.53 bits per heavy atom. The summed E-state index contributed by atoms with van der Waals surface area (Å²) >= 11 is 0. The number of tetrazole rings is 1. The number of halogens is 2. The quantitative estimate of drug-likeness (QED) is 0.260. The molecule has 2 amide bonds. The number of benzene rings is 2. The fourth-order valence-electron chi connectivity index (χ4n) is 5.51. The van der Waals surface area contributed by atoms with Crippen molar-refractivity contribution in [2.75, 3.05) is 31.5 Å². The second-order valence-corrected chi connectivity index (χ2v) is 10.9. The maximum atomic E-state index is 13.5. The zero-order chi connectivity index (χ0) is 32.5. The summed E-state index contributed by atoms with van der Waals surface area (Å²) < 4.78 is 34.0. The molecule has 1 fully saturated rings. The van der Waals surface area contributed by atoms with Crippen LogP contribution in [0.3, 0.4) is 0 Å². The minimum absolute atomic E-state index is 0.159. The normalized spacial score (nSPS) is 14.5. The average Bonchev–Trinajstić information content (AvgIpc) is 3.86. The van der Waals surface area contributed by atoms with Gasteiger partial charge in [-0.05, 0) is 41.1 Å². The third kappa shape index (κ3) is 6.05. The molecule has 0 saturated carbocycles. The Morgan fingerprint density at radius 1 is 1.00 bits per heavy atom. The smallest absolute Gasteiger partial charge is 0.350 e. The zero-order valence-corrected chi connectivity index (χ0v) is 24.9. The van der Waals surface area contributed by atoms with Gasteiger partial charge in [-0.1, -0.05) is 35.1 Å². The largest absolute Gasteiger partial charge is 0.436 e. The minimum Gasteiger partial charge on any atom is -0.436 e. The minimum atomic E-state index is -2.90. The number of carbonyl (C=O) groups is 2. The second kappa shape index (κ2) is 12.5. The number of rotatable bonds is 8. The highest BCUT2D eigenvalue weighted by molar-refractivity contribution is 6.03. The maximum Gasteiger partial charge on any atom is 0.350 e. The van der Waals surface area contributed by atoms with Crippen LogP contribution < -0.4 is 5.32 Å². The van der Waals surface area contributed by atoms with Crippen LogP contribution in [-0.4, -0.2) is 87.5 Å². The molecule has 1 aliphatic rings. The fraction of sp³-hybridized carbons (Fsp3) is 0.226. The van der Waals surface area contributed by atoms with Gasteiger partial charge in [0.15, 0.2) is 11.4 Å². The summed E-state index contributed by atoms with van der Waals surface area (Å²) in [5, 5.41) is 14.2. The van der Waals surface area contributed by atoms with Gasteiger partial charge in [0.05, 0.1) is 18.6 Å². The molecule has 1 N–H and O–H groups in total. The van der Waals surface area contributed by atoms with Gasteiger partial charge in [-0.3, -0.25) is 19.5 Å². The number of imidazole rings is 1. The van der Waals surface area contributed by atoms with Crippen molar-refractivity contribution >= 4 is 28.6 Å². The van der Waals surface area contributed by atoms with Gasteiger partial charge >= 0.3 is 6.55 Å². The van der Waals surface area contributed by atoms with Crippen LogP contribution >= 0.6 is 0 Å². The van der Waals surface area contributed by atoms with E-state index in [0.717, 1.165) is 5.56 Å². The molecule has 14 nitrogen and oxygen atoms in total. The van der Waals surface area contributed by atoms with Crippen molar-refractivity contribution in [2.45, 2.75) is 12.6 Å². The molecule has 47 heavy (non-hydrogen) atoms. The first kappa shape index (κ1) is 29.8. The lowest BCUT2D eigenvalue weighted by atomic mass is 10.0. The molecule has 238 valence electrons. The van der Waals surface area contributed by atoms with Gasteiger partial charge in [0.1, 0.15) is 16.9 Å². The first-order valence-corrected chi connectivity index (χ1v) is 14.6. The first-order valence-electron chi connectivity index (χ1n) is 14.6. The van der Waals surface area contributed by atoms with Gasteiger partial charge < -0.3 is 19.2 Å². The number of nitrogens with one attached hydrogen (secondary N) is 1. The molecule has 0 radical (unpaired) electrons. The molecule has 1 atom stereocenters. The number of aryl methyl sites for hydroxylation is 1. The number of pyridine rings is 1. The summed E-state index contributed by atoms with van der Waals surface area (Å²) in [6, 6.07) is 17.3. The molecular weight excluding hydrogens is 612 g/mol. The topological polar surface area (TPSA) is 153 Å². The Kier molecular flexibility index (Phi) is 7.91. The summed E-state index contributed by atoms with van der Waals surface area (Å²) in [6.07, 6.45) is 4.55. The fourth-order valence-corrected chi connectivity index (χ4v) is 5.51. The number of piperazine rings is 1. The van der Waals surface area contributed by atoms with Gasteiger partial charge in [0.25, 0.3) is 11.8 Å². The lowest BCUT2D eigenvalue weighted by molar-refractivity contribution is 0.0385. The van der Waals surface area contributed by atoms with E-state index in [1.54, 1.807) is 53.2 Å². The summed E-state index contributed by atoms with van der Waals surface area (Å²) in [7, 11) is 1.73. The zero-order valence-electron chi connectivity index (χ0n) is 24.9. The van der Waals surface area contributed by atoms with E-state index in [1.807, 2.05) is 35.2 Å². The highest BCUT2D eigenvalue weighted by atomic mass is 19.3. The van der Waals surface area contributed by atoms with Crippen LogP contribution in [0, 0.1) is 0 Å². The van der Waals surface area contributed by atoms with Gasteiger partial charge in [0.2, 0.25) is 5.89 Å². The second-order valence-electron chi connectivity index (χ2n) is 10.9.